The number of esters is 1. The molecule has 1 heterocycles. The van der Waals surface area contributed by atoms with Gasteiger partial charge in [0.1, 0.15) is 11.0 Å². The van der Waals surface area contributed by atoms with Gasteiger partial charge in [-0.1, -0.05) is 18.2 Å². The molecule has 0 aliphatic carbocycles. The highest BCUT2D eigenvalue weighted by Crippen LogP contribution is 2.36. The minimum atomic E-state index is -4.27. The topological polar surface area (TPSA) is 80.7 Å². The number of rotatable bonds is 1. The van der Waals surface area contributed by atoms with Gasteiger partial charge in [-0.05, 0) is 6.07 Å². The molecule has 2 rings (SSSR count). The minimum Gasteiger partial charge on any atom is -0.426 e. The van der Waals surface area contributed by atoms with Crippen LogP contribution >= 0.6 is 0 Å². The van der Waals surface area contributed by atoms with Crippen molar-refractivity contribution in [2.75, 3.05) is 0 Å². The fraction of sp³-hybridized carbons (Fsp3) is 0.222. The molecule has 1 N–H and O–H groups in total. The van der Waals surface area contributed by atoms with Gasteiger partial charge in [0.25, 0.3) is 10.1 Å². The fourth-order valence-corrected chi connectivity index (χ4v) is 2.39. The van der Waals surface area contributed by atoms with Gasteiger partial charge in [0.2, 0.25) is 0 Å². The molecule has 0 radical (unpaired) electrons. The Bertz CT molecular complexity index is 505. The first-order valence-electron chi connectivity index (χ1n) is 4.24. The molecule has 0 aromatic heterocycles. The van der Waals surface area contributed by atoms with Gasteiger partial charge in [-0.25, -0.2) is 0 Å². The number of carbonyl (C=O) groups is 1. The van der Waals surface area contributed by atoms with Gasteiger partial charge >= 0.3 is 5.97 Å². The molecule has 5 nitrogen and oxygen atoms in total. The molecule has 1 aliphatic heterocycles. The van der Waals surface area contributed by atoms with Gasteiger partial charge in [-0.15, -0.1) is 0 Å². The smallest absolute Gasteiger partial charge is 0.312 e. The van der Waals surface area contributed by atoms with E-state index in [0.717, 1.165) is 0 Å². The summed E-state index contributed by atoms with van der Waals surface area (Å²) < 4.78 is 35.9. The van der Waals surface area contributed by atoms with E-state index < -0.39 is 21.3 Å². The molecule has 0 saturated carbocycles. The van der Waals surface area contributed by atoms with E-state index in [1.165, 1.54) is 12.1 Å². The van der Waals surface area contributed by atoms with E-state index in [9.17, 15) is 13.2 Å². The lowest BCUT2D eigenvalue weighted by molar-refractivity contribution is -0.135. The number of benzene rings is 1. The summed E-state index contributed by atoms with van der Waals surface area (Å²) in [4.78, 5) is 11.1. The van der Waals surface area contributed by atoms with Crippen LogP contribution in [0.3, 0.4) is 0 Å². The molecule has 1 aromatic carbocycles. The first-order valence-corrected chi connectivity index (χ1v) is 5.75. The highest BCUT2D eigenvalue weighted by molar-refractivity contribution is 7.86. The van der Waals surface area contributed by atoms with Crippen LogP contribution in [0.1, 0.15) is 17.2 Å². The normalized spacial score (nSPS) is 20.6. The van der Waals surface area contributed by atoms with Crippen LogP contribution in [0.5, 0.6) is 5.75 Å². The Morgan fingerprint density at radius 3 is 2.67 bits per heavy atom. The van der Waals surface area contributed by atoms with Gasteiger partial charge in [0.15, 0.2) is 0 Å². The van der Waals surface area contributed by atoms with E-state index in [1.54, 1.807) is 12.1 Å². The number of fused-ring (bicyclic) bond motifs is 1. The van der Waals surface area contributed by atoms with E-state index in [1.807, 2.05) is 0 Å². The van der Waals surface area contributed by atoms with Crippen LogP contribution in [0.15, 0.2) is 24.3 Å². The van der Waals surface area contributed by atoms with E-state index in [2.05, 4.69) is 0 Å². The van der Waals surface area contributed by atoms with Crippen molar-refractivity contribution in [3.63, 3.8) is 0 Å². The van der Waals surface area contributed by atoms with Crippen LogP contribution in [0.25, 0.3) is 0 Å². The first-order chi connectivity index (χ1) is 6.98. The third kappa shape index (κ3) is 1.86. The van der Waals surface area contributed by atoms with Gasteiger partial charge in [0.05, 0.1) is 6.42 Å². The average Bonchev–Trinajstić information content (AvgIpc) is 2.15. The standard InChI is InChI=1S/C9H8O5S/c10-9-5-8(15(11,12)13)6-3-1-2-4-7(6)14-9/h1-4,8H,5H2,(H,11,12,13)/t8-/m1/s1. The zero-order chi connectivity index (χ0) is 11.1. The molecule has 1 aliphatic rings. The summed E-state index contributed by atoms with van der Waals surface area (Å²) in [6.45, 7) is 0. The number of para-hydroxylation sites is 1. The summed E-state index contributed by atoms with van der Waals surface area (Å²) in [5.41, 5.74) is 0.319. The Morgan fingerprint density at radius 1 is 1.33 bits per heavy atom. The summed E-state index contributed by atoms with van der Waals surface area (Å²) in [7, 11) is -4.27. The fourth-order valence-electron chi connectivity index (χ4n) is 1.53. The quantitative estimate of drug-likeness (QED) is 0.439. The molecule has 1 atom stereocenters. The molecule has 80 valence electrons. The second-order valence-electron chi connectivity index (χ2n) is 3.22. The van der Waals surface area contributed by atoms with Crippen molar-refractivity contribution >= 4 is 16.1 Å². The maximum absolute atomic E-state index is 11.1. The SMILES string of the molecule is O=C1C[C@@H](S(=O)(=O)O)c2ccccc2O1. The van der Waals surface area contributed by atoms with Crippen LogP contribution in [0.4, 0.5) is 0 Å². The summed E-state index contributed by atoms with van der Waals surface area (Å²) >= 11 is 0. The lowest BCUT2D eigenvalue weighted by Crippen LogP contribution is -2.25. The monoisotopic (exact) mass is 228 g/mol. The van der Waals surface area contributed by atoms with Gasteiger partial charge in [-0.3, -0.25) is 9.35 Å². The van der Waals surface area contributed by atoms with Crippen LogP contribution in [-0.2, 0) is 14.9 Å². The predicted octanol–water partition coefficient (Wildman–Crippen LogP) is 0.925. The Labute approximate surface area is 86.4 Å². The summed E-state index contributed by atoms with van der Waals surface area (Å²) in [6.07, 6.45) is -0.351. The minimum absolute atomic E-state index is 0.191. The maximum Gasteiger partial charge on any atom is 0.312 e. The molecular formula is C9H8O5S. The van der Waals surface area contributed by atoms with Crippen molar-refractivity contribution in [2.45, 2.75) is 11.7 Å². The van der Waals surface area contributed by atoms with E-state index in [4.69, 9.17) is 9.29 Å². The van der Waals surface area contributed by atoms with Crippen molar-refractivity contribution in [3.8, 4) is 5.75 Å². The average molecular weight is 228 g/mol. The lowest BCUT2D eigenvalue weighted by Gasteiger charge is -2.21. The molecule has 0 bridgehead atoms. The van der Waals surface area contributed by atoms with E-state index in [0.29, 0.717) is 5.56 Å². The van der Waals surface area contributed by atoms with Gasteiger partial charge in [-0.2, -0.15) is 8.42 Å². The highest BCUT2D eigenvalue weighted by Gasteiger charge is 2.35. The molecule has 15 heavy (non-hydrogen) atoms. The third-order valence-electron chi connectivity index (χ3n) is 2.20. The zero-order valence-electron chi connectivity index (χ0n) is 7.58. The Morgan fingerprint density at radius 2 is 2.00 bits per heavy atom. The molecule has 0 spiro atoms. The molecule has 0 unspecified atom stereocenters. The van der Waals surface area contributed by atoms with Crippen LogP contribution in [0, 0.1) is 0 Å². The van der Waals surface area contributed by atoms with Crippen molar-refractivity contribution in [3.05, 3.63) is 29.8 Å². The molecule has 0 saturated heterocycles. The van der Waals surface area contributed by atoms with Crippen LogP contribution in [-0.4, -0.2) is 18.9 Å². The maximum atomic E-state index is 11.1. The van der Waals surface area contributed by atoms with Crippen LogP contribution in [0.2, 0.25) is 0 Å². The number of hydrogen-bond acceptors (Lipinski definition) is 4. The third-order valence-corrected chi connectivity index (χ3v) is 3.34. The van der Waals surface area contributed by atoms with Crippen molar-refractivity contribution in [2.24, 2.45) is 0 Å². The van der Waals surface area contributed by atoms with E-state index in [-0.39, 0.29) is 12.2 Å². The number of carbonyl (C=O) groups excluding carboxylic acids is 1. The second-order valence-corrected chi connectivity index (χ2v) is 4.82. The molecular weight excluding hydrogens is 220 g/mol. The van der Waals surface area contributed by atoms with Crippen molar-refractivity contribution in [1.82, 2.24) is 0 Å². The van der Waals surface area contributed by atoms with E-state index >= 15 is 0 Å². The number of hydrogen-bond donors (Lipinski definition) is 1. The highest BCUT2D eigenvalue weighted by atomic mass is 32.2. The Kier molecular flexibility index (Phi) is 2.24. The Balaban J connectivity index is 2.57. The predicted molar refractivity (Wildman–Crippen MR) is 51.0 cm³/mol. The lowest BCUT2D eigenvalue weighted by atomic mass is 10.1. The largest absolute Gasteiger partial charge is 0.426 e. The van der Waals surface area contributed by atoms with Gasteiger partial charge < -0.3 is 4.74 Å². The van der Waals surface area contributed by atoms with Gasteiger partial charge in [0, 0.05) is 5.56 Å². The molecule has 0 amide bonds. The van der Waals surface area contributed by atoms with Crippen molar-refractivity contribution in [1.29, 1.82) is 0 Å². The molecule has 6 heteroatoms. The van der Waals surface area contributed by atoms with Crippen molar-refractivity contribution < 1.29 is 22.5 Å². The summed E-state index contributed by atoms with van der Waals surface area (Å²) in [5, 5.41) is -1.21. The van der Waals surface area contributed by atoms with Crippen LogP contribution < -0.4 is 4.74 Å². The number of ether oxygens (including phenoxy) is 1. The second kappa shape index (κ2) is 3.32. The Hall–Kier alpha value is -1.40. The molecule has 0 fully saturated rings. The summed E-state index contributed by atoms with van der Waals surface area (Å²) in [5.74, 6) is -0.465. The zero-order valence-corrected chi connectivity index (χ0v) is 8.40. The first kappa shape index (κ1) is 10.1. The molecule has 1 aromatic rings. The summed E-state index contributed by atoms with van der Waals surface area (Å²) in [6, 6.07) is 6.25.